The van der Waals surface area contributed by atoms with Crippen molar-refractivity contribution in [3.8, 4) is 0 Å². The van der Waals surface area contributed by atoms with Crippen LogP contribution < -0.4 is 0 Å². The van der Waals surface area contributed by atoms with Gasteiger partial charge in [-0.15, -0.1) is 11.6 Å². The van der Waals surface area contributed by atoms with Crippen molar-refractivity contribution < 1.29 is 9.53 Å². The van der Waals surface area contributed by atoms with E-state index in [0.717, 1.165) is 18.4 Å². The summed E-state index contributed by atoms with van der Waals surface area (Å²) < 4.78 is 6.03. The molecule has 2 saturated carbocycles. The molecular formula is C23H33ClO2. The first kappa shape index (κ1) is 19.7. The molecule has 2 nitrogen and oxygen atoms in total. The van der Waals surface area contributed by atoms with E-state index in [1.54, 1.807) is 0 Å². The van der Waals surface area contributed by atoms with Crippen LogP contribution in [0.15, 0.2) is 36.5 Å². The molecule has 3 heteroatoms. The van der Waals surface area contributed by atoms with Crippen LogP contribution in [0.3, 0.4) is 0 Å². The van der Waals surface area contributed by atoms with Crippen LogP contribution in [0.1, 0.15) is 53.4 Å². The SMILES string of the molecule is C=CC(=C)[C@@H]1C[C@@H](OC(=O)CCl)[C@]2(C)[C@H](C)CC[C@]3(CC=C(C)[C@H]32)[C@H]1C. The quantitative estimate of drug-likeness (QED) is 0.263. The normalized spacial score (nSPS) is 44.5. The fourth-order valence-electron chi connectivity index (χ4n) is 6.74. The summed E-state index contributed by atoms with van der Waals surface area (Å²) in [4.78, 5) is 12.2. The van der Waals surface area contributed by atoms with Gasteiger partial charge in [0.05, 0.1) is 0 Å². The third-order valence-corrected chi connectivity index (χ3v) is 8.57. The molecule has 0 aromatic carbocycles. The molecule has 0 spiro atoms. The first-order valence-electron chi connectivity index (χ1n) is 9.95. The van der Waals surface area contributed by atoms with Crippen LogP contribution in [-0.4, -0.2) is 18.0 Å². The lowest BCUT2D eigenvalue weighted by Crippen LogP contribution is -2.54. The van der Waals surface area contributed by atoms with E-state index in [2.05, 4.69) is 46.9 Å². The van der Waals surface area contributed by atoms with Gasteiger partial charge >= 0.3 is 5.97 Å². The van der Waals surface area contributed by atoms with Gasteiger partial charge in [-0.3, -0.25) is 4.79 Å². The summed E-state index contributed by atoms with van der Waals surface area (Å²) >= 11 is 5.80. The fourth-order valence-corrected chi connectivity index (χ4v) is 6.80. The van der Waals surface area contributed by atoms with Crippen molar-refractivity contribution in [3.05, 3.63) is 36.5 Å². The Balaban J connectivity index is 2.16. The van der Waals surface area contributed by atoms with E-state index in [0.29, 0.717) is 17.8 Å². The van der Waals surface area contributed by atoms with Gasteiger partial charge in [0.15, 0.2) is 0 Å². The van der Waals surface area contributed by atoms with Crippen LogP contribution >= 0.6 is 11.6 Å². The van der Waals surface area contributed by atoms with Crippen molar-refractivity contribution in [3.63, 3.8) is 0 Å². The number of hydrogen-bond acceptors (Lipinski definition) is 2. The van der Waals surface area contributed by atoms with Crippen LogP contribution in [-0.2, 0) is 9.53 Å². The van der Waals surface area contributed by atoms with Gasteiger partial charge < -0.3 is 4.74 Å². The molecule has 0 radical (unpaired) electrons. The molecule has 144 valence electrons. The summed E-state index contributed by atoms with van der Waals surface area (Å²) in [6.45, 7) is 17.6. The van der Waals surface area contributed by atoms with E-state index in [1.807, 2.05) is 6.08 Å². The molecule has 0 amide bonds. The number of ether oxygens (including phenoxy) is 1. The zero-order chi connectivity index (χ0) is 19.3. The highest BCUT2D eigenvalue weighted by Gasteiger charge is 2.65. The molecule has 0 N–H and O–H groups in total. The first-order chi connectivity index (χ1) is 12.2. The van der Waals surface area contributed by atoms with Crippen molar-refractivity contribution in [2.75, 3.05) is 5.88 Å². The Hall–Kier alpha value is -1.02. The van der Waals surface area contributed by atoms with E-state index in [4.69, 9.17) is 16.3 Å². The largest absolute Gasteiger partial charge is 0.461 e. The number of halogens is 1. The molecule has 0 saturated heterocycles. The topological polar surface area (TPSA) is 26.3 Å². The minimum Gasteiger partial charge on any atom is -0.461 e. The average molecular weight is 377 g/mol. The molecular weight excluding hydrogens is 344 g/mol. The summed E-state index contributed by atoms with van der Waals surface area (Å²) in [5.74, 6) is 1.32. The maximum atomic E-state index is 12.2. The van der Waals surface area contributed by atoms with Crippen LogP contribution in [0.4, 0.5) is 0 Å². The Morgan fingerprint density at radius 1 is 1.46 bits per heavy atom. The number of allylic oxidation sites excluding steroid dienone is 4. The van der Waals surface area contributed by atoms with E-state index in [9.17, 15) is 4.79 Å². The maximum Gasteiger partial charge on any atom is 0.321 e. The predicted octanol–water partition coefficient (Wildman–Crippen LogP) is 5.92. The summed E-state index contributed by atoms with van der Waals surface area (Å²) in [7, 11) is 0. The Bertz CT molecular complexity index is 651. The molecule has 0 aliphatic heterocycles. The number of alkyl halides is 1. The second-order valence-electron chi connectivity index (χ2n) is 9.15. The molecule has 0 unspecified atom stereocenters. The van der Waals surface area contributed by atoms with Crippen LogP contribution in [0.25, 0.3) is 0 Å². The lowest BCUT2D eigenvalue weighted by Gasteiger charge is -2.57. The van der Waals surface area contributed by atoms with Crippen LogP contribution in [0.2, 0.25) is 0 Å². The summed E-state index contributed by atoms with van der Waals surface area (Å²) in [5, 5.41) is 0. The highest BCUT2D eigenvalue weighted by Crippen LogP contribution is 2.69. The predicted molar refractivity (Wildman–Crippen MR) is 108 cm³/mol. The molecule has 0 aromatic heterocycles. The third kappa shape index (κ3) is 2.63. The van der Waals surface area contributed by atoms with Crippen molar-refractivity contribution in [1.29, 1.82) is 0 Å². The van der Waals surface area contributed by atoms with E-state index in [-0.39, 0.29) is 34.7 Å². The zero-order valence-corrected chi connectivity index (χ0v) is 17.4. The van der Waals surface area contributed by atoms with Crippen molar-refractivity contribution in [2.45, 2.75) is 59.5 Å². The van der Waals surface area contributed by atoms with Gasteiger partial charge in [-0.2, -0.15) is 0 Å². The minimum atomic E-state index is -0.307. The molecule has 26 heavy (non-hydrogen) atoms. The highest BCUT2D eigenvalue weighted by molar-refractivity contribution is 6.26. The summed E-state index contributed by atoms with van der Waals surface area (Å²) in [6, 6.07) is 0. The number of esters is 1. The average Bonchev–Trinajstić information content (AvgIpc) is 2.96. The van der Waals surface area contributed by atoms with E-state index < -0.39 is 0 Å². The second kappa shape index (κ2) is 6.86. The fraction of sp³-hybridized carbons (Fsp3) is 0.696. The molecule has 3 aliphatic carbocycles. The van der Waals surface area contributed by atoms with Gasteiger partial charge in [-0.1, -0.05) is 57.2 Å². The number of carbonyl (C=O) groups excluding carboxylic acids is 1. The van der Waals surface area contributed by atoms with Crippen molar-refractivity contribution in [1.82, 2.24) is 0 Å². The van der Waals surface area contributed by atoms with E-state index in [1.165, 1.54) is 18.4 Å². The number of rotatable bonds is 4. The highest BCUT2D eigenvalue weighted by atomic mass is 35.5. The van der Waals surface area contributed by atoms with Gasteiger partial charge in [-0.25, -0.2) is 0 Å². The van der Waals surface area contributed by atoms with Gasteiger partial charge in [0, 0.05) is 5.41 Å². The maximum absolute atomic E-state index is 12.2. The number of hydrogen-bond donors (Lipinski definition) is 0. The molecule has 0 heterocycles. The van der Waals surface area contributed by atoms with Crippen molar-refractivity contribution >= 4 is 17.6 Å². The molecule has 3 aliphatic rings. The lowest BCUT2D eigenvalue weighted by molar-refractivity contribution is -0.166. The molecule has 3 rings (SSSR count). The number of carbonyl (C=O) groups is 1. The minimum absolute atomic E-state index is 0.0679. The molecule has 2 bridgehead atoms. The Labute approximate surface area is 163 Å². The van der Waals surface area contributed by atoms with Crippen LogP contribution in [0.5, 0.6) is 0 Å². The molecule has 7 atom stereocenters. The second-order valence-corrected chi connectivity index (χ2v) is 9.41. The van der Waals surface area contributed by atoms with Crippen LogP contribution in [0, 0.1) is 34.5 Å². The third-order valence-electron chi connectivity index (χ3n) is 8.35. The molecule has 0 aromatic rings. The standard InChI is InChI=1S/C23H33ClO2/c1-7-14(2)18-12-19(26-20(25)13-24)22(6)16(4)9-11-23(17(18)5)10-8-15(3)21(22)23/h7-8,16-19,21H,1-2,9-13H2,3-6H3/t16-,17+,18+,19-,21+,22+,23-/m1/s1. The van der Waals surface area contributed by atoms with Gasteiger partial charge in [0.25, 0.3) is 0 Å². The Kier molecular flexibility index (Phi) is 5.20. The van der Waals surface area contributed by atoms with Gasteiger partial charge in [-0.05, 0) is 61.7 Å². The summed E-state index contributed by atoms with van der Waals surface area (Å²) in [5.41, 5.74) is 2.72. The van der Waals surface area contributed by atoms with E-state index >= 15 is 0 Å². The van der Waals surface area contributed by atoms with Gasteiger partial charge in [0.1, 0.15) is 12.0 Å². The first-order valence-corrected chi connectivity index (χ1v) is 10.5. The lowest BCUT2D eigenvalue weighted by atomic mass is 9.48. The molecule has 2 fully saturated rings. The zero-order valence-electron chi connectivity index (χ0n) is 16.7. The Morgan fingerprint density at radius 2 is 2.15 bits per heavy atom. The van der Waals surface area contributed by atoms with Gasteiger partial charge in [0.2, 0.25) is 0 Å². The smallest absolute Gasteiger partial charge is 0.321 e. The Morgan fingerprint density at radius 3 is 2.77 bits per heavy atom. The van der Waals surface area contributed by atoms with Crippen molar-refractivity contribution in [2.24, 2.45) is 34.5 Å². The monoisotopic (exact) mass is 376 g/mol. The summed E-state index contributed by atoms with van der Waals surface area (Å²) in [6.07, 6.45) is 8.56.